The zero-order valence-electron chi connectivity index (χ0n) is 17.4. The minimum Gasteiger partial charge on any atom is -0.407 e. The maximum atomic E-state index is 12.8. The van der Waals surface area contributed by atoms with Crippen molar-refractivity contribution < 1.29 is 18.9 Å². The number of non-ortho nitro benzene ring substituents is 1. The largest absolute Gasteiger partial charge is 0.420 e. The van der Waals surface area contributed by atoms with Crippen molar-refractivity contribution in [3.8, 4) is 0 Å². The number of aromatic nitrogens is 1. The number of carbonyl (C=O) groups is 2. The summed E-state index contributed by atoms with van der Waals surface area (Å²) in [5.41, 5.74) is 2.12. The van der Waals surface area contributed by atoms with Crippen molar-refractivity contribution >= 4 is 40.0 Å². The Balaban J connectivity index is 1.54. The number of amides is 2. The van der Waals surface area contributed by atoms with Gasteiger partial charge in [0.05, 0.1) is 27.8 Å². The van der Waals surface area contributed by atoms with E-state index < -0.39 is 29.0 Å². The molecule has 0 atom stereocenters. The summed E-state index contributed by atoms with van der Waals surface area (Å²) in [5.74, 6) is -1.81. The van der Waals surface area contributed by atoms with E-state index in [0.29, 0.717) is 5.69 Å². The first kappa shape index (κ1) is 21.5. The van der Waals surface area contributed by atoms with E-state index in [9.17, 15) is 24.5 Å². The number of nitro groups is 1. The average Bonchev–Trinajstić information content (AvgIpc) is 3.08. The van der Waals surface area contributed by atoms with Crippen LogP contribution in [0.15, 0.2) is 75.9 Å². The predicted octanol–water partition coefficient (Wildman–Crippen LogP) is 3.70. The molecule has 4 aromatic rings. The van der Waals surface area contributed by atoms with E-state index in [4.69, 9.17) is 4.42 Å². The number of hydrogen-bond donors (Lipinski definition) is 2. The van der Waals surface area contributed by atoms with Crippen LogP contribution in [0.3, 0.4) is 0 Å². The fraction of sp³-hybridized carbons (Fsp3) is 0.0870. The summed E-state index contributed by atoms with van der Waals surface area (Å²) in [5, 5.41) is 16.3. The third-order valence-electron chi connectivity index (χ3n) is 4.89. The van der Waals surface area contributed by atoms with E-state index in [2.05, 4.69) is 10.6 Å². The number of hydrogen-bond acceptors (Lipinski definition) is 6. The van der Waals surface area contributed by atoms with Crippen LogP contribution >= 0.6 is 0 Å². The molecule has 166 valence electrons. The van der Waals surface area contributed by atoms with Gasteiger partial charge >= 0.3 is 5.76 Å². The van der Waals surface area contributed by atoms with Crippen LogP contribution in [0.5, 0.6) is 0 Å². The first-order valence-electron chi connectivity index (χ1n) is 9.86. The number of anilines is 2. The van der Waals surface area contributed by atoms with Crippen molar-refractivity contribution in [2.45, 2.75) is 13.5 Å². The van der Waals surface area contributed by atoms with Crippen LogP contribution in [-0.2, 0) is 11.3 Å². The first-order valence-corrected chi connectivity index (χ1v) is 9.86. The van der Waals surface area contributed by atoms with Crippen LogP contribution in [0.25, 0.3) is 11.1 Å². The van der Waals surface area contributed by atoms with Gasteiger partial charge in [-0.15, -0.1) is 0 Å². The van der Waals surface area contributed by atoms with Crippen molar-refractivity contribution in [2.24, 2.45) is 0 Å². The van der Waals surface area contributed by atoms with E-state index in [-0.39, 0.29) is 28.0 Å². The summed E-state index contributed by atoms with van der Waals surface area (Å²) in [6, 6.07) is 17.5. The summed E-state index contributed by atoms with van der Waals surface area (Å²) in [6.45, 7) is 1.50. The van der Waals surface area contributed by atoms with E-state index in [1.165, 1.54) is 12.1 Å². The Hall–Kier alpha value is -4.73. The number of fused-ring (bicyclic) bond motifs is 1. The van der Waals surface area contributed by atoms with Crippen LogP contribution in [0.1, 0.15) is 15.9 Å². The van der Waals surface area contributed by atoms with E-state index >= 15 is 0 Å². The Morgan fingerprint density at radius 2 is 1.82 bits per heavy atom. The van der Waals surface area contributed by atoms with Crippen molar-refractivity contribution in [3.63, 3.8) is 0 Å². The van der Waals surface area contributed by atoms with Crippen LogP contribution in [0, 0.1) is 17.0 Å². The Morgan fingerprint density at radius 3 is 2.58 bits per heavy atom. The van der Waals surface area contributed by atoms with Gasteiger partial charge in [0, 0.05) is 11.8 Å². The summed E-state index contributed by atoms with van der Waals surface area (Å²) in [4.78, 5) is 48.0. The molecule has 4 rings (SSSR count). The molecule has 0 spiro atoms. The molecular formula is C23H18N4O6. The molecule has 0 radical (unpaired) electrons. The monoisotopic (exact) mass is 446 g/mol. The molecule has 1 aromatic heterocycles. The van der Waals surface area contributed by atoms with Gasteiger partial charge in [-0.25, -0.2) is 4.79 Å². The third kappa shape index (κ3) is 4.64. The standard InChI is InChI=1S/C23H18N4O6/c1-14-5-4-6-15(11-14)24-22(29)17-7-2-3-8-18(17)25-21(28)13-26-19-10-9-16(27(31)32)12-20(19)33-23(26)30/h2-12H,13H2,1H3,(H,24,29)(H,25,28). The lowest BCUT2D eigenvalue weighted by Crippen LogP contribution is -2.26. The maximum Gasteiger partial charge on any atom is 0.420 e. The van der Waals surface area contributed by atoms with Crippen molar-refractivity contribution in [1.82, 2.24) is 4.57 Å². The molecule has 10 nitrogen and oxygen atoms in total. The number of benzene rings is 3. The van der Waals surface area contributed by atoms with Gasteiger partial charge < -0.3 is 15.1 Å². The Kier molecular flexibility index (Phi) is 5.73. The fourth-order valence-corrected chi connectivity index (χ4v) is 3.36. The summed E-state index contributed by atoms with van der Waals surface area (Å²) < 4.78 is 6.10. The van der Waals surface area contributed by atoms with Crippen LogP contribution < -0.4 is 16.4 Å². The molecule has 2 N–H and O–H groups in total. The van der Waals surface area contributed by atoms with E-state index in [0.717, 1.165) is 16.2 Å². The van der Waals surface area contributed by atoms with E-state index in [1.807, 2.05) is 25.1 Å². The summed E-state index contributed by atoms with van der Waals surface area (Å²) in [6.07, 6.45) is 0. The van der Waals surface area contributed by atoms with Gasteiger partial charge in [0.1, 0.15) is 6.54 Å². The Morgan fingerprint density at radius 1 is 1.03 bits per heavy atom. The van der Waals surface area contributed by atoms with Gasteiger partial charge in [-0.1, -0.05) is 24.3 Å². The Labute approximate surface area is 186 Å². The molecule has 0 unspecified atom stereocenters. The zero-order valence-corrected chi connectivity index (χ0v) is 17.4. The molecule has 0 fully saturated rings. The molecule has 2 amide bonds. The predicted molar refractivity (Wildman–Crippen MR) is 121 cm³/mol. The van der Waals surface area contributed by atoms with Gasteiger partial charge in [-0.2, -0.15) is 0 Å². The lowest BCUT2D eigenvalue weighted by molar-refractivity contribution is -0.384. The van der Waals surface area contributed by atoms with Gasteiger partial charge in [0.25, 0.3) is 11.6 Å². The number of oxazole rings is 1. The van der Waals surface area contributed by atoms with Crippen molar-refractivity contribution in [3.05, 3.63) is 98.5 Å². The maximum absolute atomic E-state index is 12.8. The smallest absolute Gasteiger partial charge is 0.407 e. The minimum atomic E-state index is -0.828. The highest BCUT2D eigenvalue weighted by atomic mass is 16.6. The molecule has 0 saturated heterocycles. The second-order valence-corrected chi connectivity index (χ2v) is 7.28. The fourth-order valence-electron chi connectivity index (χ4n) is 3.36. The van der Waals surface area contributed by atoms with Gasteiger partial charge in [0.2, 0.25) is 5.91 Å². The van der Waals surface area contributed by atoms with Crippen LogP contribution in [0.4, 0.5) is 17.1 Å². The molecular weight excluding hydrogens is 428 g/mol. The summed E-state index contributed by atoms with van der Waals surface area (Å²) >= 11 is 0. The summed E-state index contributed by atoms with van der Waals surface area (Å²) in [7, 11) is 0. The average molecular weight is 446 g/mol. The highest BCUT2D eigenvalue weighted by Gasteiger charge is 2.18. The highest BCUT2D eigenvalue weighted by molar-refractivity contribution is 6.10. The van der Waals surface area contributed by atoms with Gasteiger partial charge in [-0.05, 0) is 42.8 Å². The molecule has 0 aliphatic rings. The lowest BCUT2D eigenvalue weighted by atomic mass is 10.1. The molecule has 10 heteroatoms. The molecule has 0 aliphatic heterocycles. The highest BCUT2D eigenvalue weighted by Crippen LogP contribution is 2.21. The molecule has 0 aliphatic carbocycles. The second-order valence-electron chi connectivity index (χ2n) is 7.28. The molecule has 0 saturated carbocycles. The Bertz CT molecular complexity index is 1450. The SMILES string of the molecule is Cc1cccc(NC(=O)c2ccccc2NC(=O)Cn2c(=O)oc3cc([N+](=O)[O-])ccc32)c1. The number of carbonyl (C=O) groups excluding carboxylic acids is 2. The van der Waals surface area contributed by atoms with Crippen molar-refractivity contribution in [2.75, 3.05) is 10.6 Å². The van der Waals surface area contributed by atoms with E-state index in [1.54, 1.807) is 30.3 Å². The zero-order chi connectivity index (χ0) is 23.5. The number of nitrogens with zero attached hydrogens (tertiary/aromatic N) is 2. The number of para-hydroxylation sites is 1. The normalized spacial score (nSPS) is 10.7. The molecule has 3 aromatic carbocycles. The topological polar surface area (TPSA) is 136 Å². The number of rotatable bonds is 6. The molecule has 1 heterocycles. The van der Waals surface area contributed by atoms with Crippen molar-refractivity contribution in [1.29, 1.82) is 0 Å². The third-order valence-corrected chi connectivity index (χ3v) is 4.89. The number of nitro benzene ring substituents is 1. The van der Waals surface area contributed by atoms with Gasteiger partial charge in [0.15, 0.2) is 5.58 Å². The number of aryl methyl sites for hydroxylation is 1. The quantitative estimate of drug-likeness (QED) is 0.342. The lowest BCUT2D eigenvalue weighted by Gasteiger charge is -2.12. The van der Waals surface area contributed by atoms with Crippen LogP contribution in [0.2, 0.25) is 0 Å². The van der Waals surface area contributed by atoms with Crippen LogP contribution in [-0.4, -0.2) is 21.3 Å². The minimum absolute atomic E-state index is 0.0000625. The molecule has 0 bridgehead atoms. The first-order chi connectivity index (χ1) is 15.8. The second kappa shape index (κ2) is 8.79. The number of nitrogens with one attached hydrogen (secondary N) is 2. The van der Waals surface area contributed by atoms with Gasteiger partial charge in [-0.3, -0.25) is 24.3 Å². The molecule has 33 heavy (non-hydrogen) atoms.